The molecule has 1 fully saturated rings. The van der Waals surface area contributed by atoms with E-state index in [1.165, 1.54) is 0 Å². The lowest BCUT2D eigenvalue weighted by molar-refractivity contribution is 0.0600. The van der Waals surface area contributed by atoms with Crippen LogP contribution in [0.15, 0.2) is 33.8 Å². The summed E-state index contributed by atoms with van der Waals surface area (Å²) >= 11 is 0. The van der Waals surface area contributed by atoms with Gasteiger partial charge in [0.2, 0.25) is 0 Å². The highest BCUT2D eigenvalue weighted by Crippen LogP contribution is 2.31. The van der Waals surface area contributed by atoms with Crippen molar-refractivity contribution in [2.24, 2.45) is 5.10 Å². The van der Waals surface area contributed by atoms with E-state index in [1.807, 2.05) is 36.9 Å². The van der Waals surface area contributed by atoms with Gasteiger partial charge in [0.15, 0.2) is 5.76 Å². The van der Waals surface area contributed by atoms with E-state index >= 15 is 0 Å². The Morgan fingerprint density at radius 1 is 1.17 bits per heavy atom. The second kappa shape index (κ2) is 8.46. The maximum atomic E-state index is 13.2. The lowest BCUT2D eigenvalue weighted by Gasteiger charge is -2.32. The van der Waals surface area contributed by atoms with Crippen LogP contribution < -0.4 is 5.43 Å². The number of carbonyl (C=O) groups excluding carboxylic acids is 2. The van der Waals surface area contributed by atoms with E-state index in [9.17, 15) is 9.59 Å². The number of hydrogen-bond acceptors (Lipinski definition) is 4. The number of benzene rings is 1. The number of likely N-dealkylation sites (tertiary alicyclic amines) is 1. The molecule has 2 amide bonds. The molecule has 1 aliphatic heterocycles. The summed E-state index contributed by atoms with van der Waals surface area (Å²) in [7, 11) is 0. The largest absolute Gasteiger partial charge is 0.455 e. The van der Waals surface area contributed by atoms with Gasteiger partial charge < -0.3 is 9.32 Å². The maximum Gasteiger partial charge on any atom is 0.290 e. The van der Waals surface area contributed by atoms with Crippen LogP contribution >= 0.6 is 0 Å². The molecule has 4 rings (SSSR count). The molecule has 1 unspecified atom stereocenters. The van der Waals surface area contributed by atoms with Crippen molar-refractivity contribution < 1.29 is 14.0 Å². The van der Waals surface area contributed by atoms with Crippen LogP contribution in [0.25, 0.3) is 0 Å². The number of aryl methyl sites for hydroxylation is 2. The average molecular weight is 408 g/mol. The molecule has 158 valence electrons. The lowest BCUT2D eigenvalue weighted by Crippen LogP contribution is -2.42. The molecule has 2 heterocycles. The van der Waals surface area contributed by atoms with Crippen molar-refractivity contribution in [3.63, 3.8) is 0 Å². The first kappa shape index (κ1) is 20.4. The molecule has 0 radical (unpaired) electrons. The first-order valence-corrected chi connectivity index (χ1v) is 10.8. The Bertz CT molecular complexity index is 1010. The Balaban J connectivity index is 1.59. The third kappa shape index (κ3) is 3.91. The Labute approximate surface area is 177 Å². The van der Waals surface area contributed by atoms with Gasteiger partial charge in [0, 0.05) is 35.7 Å². The van der Waals surface area contributed by atoms with Crippen molar-refractivity contribution in [1.29, 1.82) is 0 Å². The van der Waals surface area contributed by atoms with E-state index in [0.29, 0.717) is 11.3 Å². The van der Waals surface area contributed by atoms with Crippen LogP contribution in [0.1, 0.15) is 82.4 Å². The molecule has 1 atom stereocenters. The third-order valence-corrected chi connectivity index (χ3v) is 6.16. The van der Waals surface area contributed by atoms with E-state index in [-0.39, 0.29) is 17.9 Å². The van der Waals surface area contributed by atoms with Crippen LogP contribution in [-0.2, 0) is 6.42 Å². The number of hydrogen-bond donors (Lipinski definition) is 1. The summed E-state index contributed by atoms with van der Waals surface area (Å²) < 4.78 is 6.05. The topological polar surface area (TPSA) is 74.9 Å². The zero-order valence-corrected chi connectivity index (χ0v) is 18.0. The summed E-state index contributed by atoms with van der Waals surface area (Å²) in [6.45, 7) is 6.75. The van der Waals surface area contributed by atoms with E-state index in [2.05, 4.69) is 17.5 Å². The second-order valence-electron chi connectivity index (χ2n) is 8.42. The van der Waals surface area contributed by atoms with Gasteiger partial charge in [0.05, 0.1) is 5.71 Å². The van der Waals surface area contributed by atoms with Crippen LogP contribution in [0, 0.1) is 13.8 Å². The van der Waals surface area contributed by atoms with Crippen molar-refractivity contribution in [2.45, 2.75) is 65.3 Å². The highest BCUT2D eigenvalue weighted by Gasteiger charge is 2.32. The Hall–Kier alpha value is -2.89. The van der Waals surface area contributed by atoms with Gasteiger partial charge in [0.1, 0.15) is 5.76 Å². The van der Waals surface area contributed by atoms with Gasteiger partial charge in [-0.1, -0.05) is 17.7 Å². The van der Waals surface area contributed by atoms with Gasteiger partial charge in [-0.15, -0.1) is 0 Å². The summed E-state index contributed by atoms with van der Waals surface area (Å²) in [6.07, 6.45) is 5.64. The Kier molecular flexibility index (Phi) is 5.75. The SMILES string of the molecule is Cc1cccc(C(=O)N/N=C2\CCCc3oc(C(=O)N4CCCCC4C)c(C)c32)c1. The number of piperidine rings is 1. The highest BCUT2D eigenvalue weighted by molar-refractivity contribution is 6.07. The highest BCUT2D eigenvalue weighted by atomic mass is 16.4. The first-order valence-electron chi connectivity index (χ1n) is 10.8. The number of nitrogens with zero attached hydrogens (tertiary/aromatic N) is 2. The summed E-state index contributed by atoms with van der Waals surface area (Å²) in [6, 6.07) is 7.65. The molecule has 30 heavy (non-hydrogen) atoms. The number of furan rings is 1. The molecule has 2 aromatic rings. The number of fused-ring (bicyclic) bond motifs is 1. The summed E-state index contributed by atoms with van der Waals surface area (Å²) in [4.78, 5) is 27.6. The molecule has 6 heteroatoms. The van der Waals surface area contributed by atoms with E-state index in [1.54, 1.807) is 6.07 Å². The lowest BCUT2D eigenvalue weighted by atomic mass is 9.93. The molecule has 0 saturated carbocycles. The predicted octanol–water partition coefficient (Wildman–Crippen LogP) is 4.38. The summed E-state index contributed by atoms with van der Waals surface area (Å²) in [5.74, 6) is 0.957. The predicted molar refractivity (Wildman–Crippen MR) is 116 cm³/mol. The molecule has 1 saturated heterocycles. The van der Waals surface area contributed by atoms with Crippen LogP contribution in [-0.4, -0.2) is 35.0 Å². The van der Waals surface area contributed by atoms with Crippen LogP contribution in [0.2, 0.25) is 0 Å². The molecule has 1 aromatic heterocycles. The fourth-order valence-electron chi connectivity index (χ4n) is 4.48. The van der Waals surface area contributed by atoms with E-state index in [0.717, 1.165) is 73.2 Å². The molecule has 0 bridgehead atoms. The first-order chi connectivity index (χ1) is 14.5. The van der Waals surface area contributed by atoms with Gasteiger partial charge in [-0.2, -0.15) is 5.10 Å². The van der Waals surface area contributed by atoms with Gasteiger partial charge >= 0.3 is 0 Å². The van der Waals surface area contributed by atoms with Gasteiger partial charge in [-0.05, 0) is 65.0 Å². The van der Waals surface area contributed by atoms with Crippen molar-refractivity contribution in [3.05, 3.63) is 58.0 Å². The quantitative estimate of drug-likeness (QED) is 0.767. The molecular weight excluding hydrogens is 378 g/mol. The maximum absolute atomic E-state index is 13.2. The number of carbonyl (C=O) groups is 2. The molecular formula is C24H29N3O3. The smallest absolute Gasteiger partial charge is 0.290 e. The van der Waals surface area contributed by atoms with Crippen LogP contribution in [0.5, 0.6) is 0 Å². The molecule has 1 aliphatic carbocycles. The van der Waals surface area contributed by atoms with Crippen LogP contribution in [0.4, 0.5) is 0 Å². The number of rotatable bonds is 3. The number of hydrazone groups is 1. The minimum atomic E-state index is -0.238. The average Bonchev–Trinajstić information content (AvgIpc) is 3.09. The molecule has 6 nitrogen and oxygen atoms in total. The third-order valence-electron chi connectivity index (χ3n) is 6.16. The summed E-state index contributed by atoms with van der Waals surface area (Å²) in [5.41, 5.74) is 6.79. The van der Waals surface area contributed by atoms with E-state index < -0.39 is 0 Å². The zero-order chi connectivity index (χ0) is 21.3. The fraction of sp³-hybridized carbons (Fsp3) is 0.458. The minimum Gasteiger partial charge on any atom is -0.455 e. The molecule has 1 aromatic carbocycles. The molecule has 2 aliphatic rings. The van der Waals surface area contributed by atoms with Crippen LogP contribution in [0.3, 0.4) is 0 Å². The fourth-order valence-corrected chi connectivity index (χ4v) is 4.48. The summed E-state index contributed by atoms with van der Waals surface area (Å²) in [5, 5.41) is 4.42. The molecule has 1 N–H and O–H groups in total. The standard InChI is InChI=1S/C24H29N3O3/c1-15-8-6-10-18(14-15)23(28)26-25-19-11-7-12-20-21(19)17(3)22(30-20)24(29)27-13-5-4-9-16(27)2/h6,8,10,14,16H,4-5,7,9,11-13H2,1-3H3,(H,26,28)/b25-19+. The Morgan fingerprint density at radius 3 is 2.77 bits per heavy atom. The number of nitrogens with one attached hydrogen (secondary N) is 1. The molecule has 0 spiro atoms. The van der Waals surface area contributed by atoms with Crippen molar-refractivity contribution in [1.82, 2.24) is 10.3 Å². The minimum absolute atomic E-state index is 0.0303. The zero-order valence-electron chi connectivity index (χ0n) is 18.0. The van der Waals surface area contributed by atoms with E-state index in [4.69, 9.17) is 4.42 Å². The van der Waals surface area contributed by atoms with Gasteiger partial charge in [-0.25, -0.2) is 5.43 Å². The van der Waals surface area contributed by atoms with Gasteiger partial charge in [-0.3, -0.25) is 9.59 Å². The van der Waals surface area contributed by atoms with Gasteiger partial charge in [0.25, 0.3) is 11.8 Å². The van der Waals surface area contributed by atoms with Crippen molar-refractivity contribution >= 4 is 17.5 Å². The normalized spacial score (nSPS) is 20.2. The Morgan fingerprint density at radius 2 is 2.00 bits per heavy atom. The monoisotopic (exact) mass is 407 g/mol. The number of amides is 2. The van der Waals surface area contributed by atoms with Crippen molar-refractivity contribution in [3.8, 4) is 0 Å². The second-order valence-corrected chi connectivity index (χ2v) is 8.42. The van der Waals surface area contributed by atoms with Crippen molar-refractivity contribution in [2.75, 3.05) is 6.54 Å².